The minimum absolute atomic E-state index is 0.485. The van der Waals surface area contributed by atoms with E-state index < -0.39 is 0 Å². The first kappa shape index (κ1) is 9.19. The Hall–Kier alpha value is -0.900. The number of hydrogen-bond acceptors (Lipinski definition) is 3. The lowest BCUT2D eigenvalue weighted by Crippen LogP contribution is -2.22. The van der Waals surface area contributed by atoms with Gasteiger partial charge in [-0.1, -0.05) is 13.8 Å². The maximum atomic E-state index is 4.24. The predicted octanol–water partition coefficient (Wildman–Crippen LogP) is 0.796. The summed E-state index contributed by atoms with van der Waals surface area (Å²) in [6.07, 6.45) is 1.76. The van der Waals surface area contributed by atoms with Crippen LogP contribution in [0.25, 0.3) is 0 Å². The van der Waals surface area contributed by atoms with E-state index in [-0.39, 0.29) is 0 Å². The third-order valence-corrected chi connectivity index (χ3v) is 1.58. The van der Waals surface area contributed by atoms with Crippen LogP contribution in [0, 0.1) is 0 Å². The molecule has 0 saturated heterocycles. The third kappa shape index (κ3) is 2.62. The largest absolute Gasteiger partial charge is 0.308 e. The summed E-state index contributed by atoms with van der Waals surface area (Å²) < 4.78 is 1.83. The lowest BCUT2D eigenvalue weighted by Gasteiger charge is -2.03. The Labute approximate surface area is 73.0 Å². The number of rotatable bonds is 4. The van der Waals surface area contributed by atoms with E-state index in [1.807, 2.05) is 11.6 Å². The van der Waals surface area contributed by atoms with Gasteiger partial charge in [-0.2, -0.15) is 5.10 Å². The van der Waals surface area contributed by atoms with Crippen LogP contribution in [0.3, 0.4) is 0 Å². The summed E-state index contributed by atoms with van der Waals surface area (Å²) in [5.41, 5.74) is 0. The molecule has 0 aliphatic carbocycles. The normalized spacial score (nSPS) is 11.0. The number of aryl methyl sites for hydroxylation is 1. The van der Waals surface area contributed by atoms with Crippen molar-refractivity contribution in [2.45, 2.75) is 39.9 Å². The zero-order valence-electron chi connectivity index (χ0n) is 7.91. The fourth-order valence-corrected chi connectivity index (χ4v) is 0.862. The van der Waals surface area contributed by atoms with Gasteiger partial charge in [-0.3, -0.25) is 4.68 Å². The van der Waals surface area contributed by atoms with Gasteiger partial charge in [0, 0.05) is 12.6 Å². The Morgan fingerprint density at radius 3 is 2.83 bits per heavy atom. The van der Waals surface area contributed by atoms with Crippen LogP contribution in [0.5, 0.6) is 0 Å². The molecule has 1 aromatic rings. The van der Waals surface area contributed by atoms with E-state index in [4.69, 9.17) is 0 Å². The molecule has 12 heavy (non-hydrogen) atoms. The van der Waals surface area contributed by atoms with Crippen molar-refractivity contribution in [1.82, 2.24) is 20.1 Å². The van der Waals surface area contributed by atoms with Crippen molar-refractivity contribution in [1.29, 1.82) is 0 Å². The first-order valence-electron chi connectivity index (χ1n) is 4.34. The summed E-state index contributed by atoms with van der Waals surface area (Å²) in [4.78, 5) is 4.15. The van der Waals surface area contributed by atoms with Crippen LogP contribution in [-0.4, -0.2) is 20.8 Å². The average Bonchev–Trinajstić information content (AvgIpc) is 2.48. The van der Waals surface area contributed by atoms with Gasteiger partial charge in [0.15, 0.2) is 5.82 Å². The van der Waals surface area contributed by atoms with E-state index in [1.54, 1.807) is 6.33 Å². The standard InChI is InChI=1S/C8H16N4/c1-4-12-6-10-8(11-12)5-9-7(2)3/h6-7,9H,4-5H2,1-3H3. The van der Waals surface area contributed by atoms with E-state index in [0.717, 1.165) is 18.9 Å². The van der Waals surface area contributed by atoms with Gasteiger partial charge >= 0.3 is 0 Å². The van der Waals surface area contributed by atoms with Crippen LogP contribution in [-0.2, 0) is 13.1 Å². The van der Waals surface area contributed by atoms with Gasteiger partial charge in [-0.05, 0) is 6.92 Å². The van der Waals surface area contributed by atoms with Crippen molar-refractivity contribution < 1.29 is 0 Å². The summed E-state index contributed by atoms with van der Waals surface area (Å²) in [5, 5.41) is 7.50. The van der Waals surface area contributed by atoms with Crippen molar-refractivity contribution in [2.24, 2.45) is 0 Å². The molecule has 1 aromatic heterocycles. The lowest BCUT2D eigenvalue weighted by atomic mass is 10.4. The van der Waals surface area contributed by atoms with Crippen LogP contribution in [0.4, 0.5) is 0 Å². The van der Waals surface area contributed by atoms with Crippen LogP contribution >= 0.6 is 0 Å². The van der Waals surface area contributed by atoms with Crippen molar-refractivity contribution in [3.63, 3.8) is 0 Å². The van der Waals surface area contributed by atoms with Crippen LogP contribution in [0.2, 0.25) is 0 Å². The van der Waals surface area contributed by atoms with E-state index in [9.17, 15) is 0 Å². The van der Waals surface area contributed by atoms with Gasteiger partial charge in [0.25, 0.3) is 0 Å². The highest BCUT2D eigenvalue weighted by Gasteiger charge is 1.99. The summed E-state index contributed by atoms with van der Waals surface area (Å²) in [6, 6.07) is 0.485. The minimum atomic E-state index is 0.485. The smallest absolute Gasteiger partial charge is 0.164 e. The summed E-state index contributed by atoms with van der Waals surface area (Å²) in [6.45, 7) is 7.90. The molecule has 0 unspecified atom stereocenters. The zero-order chi connectivity index (χ0) is 8.97. The Morgan fingerprint density at radius 1 is 1.58 bits per heavy atom. The molecule has 0 fully saturated rings. The highest BCUT2D eigenvalue weighted by atomic mass is 15.3. The molecule has 0 amide bonds. The molecule has 0 atom stereocenters. The summed E-state index contributed by atoms with van der Waals surface area (Å²) in [7, 11) is 0. The highest BCUT2D eigenvalue weighted by molar-refractivity contribution is 4.80. The van der Waals surface area contributed by atoms with Crippen LogP contribution in [0.1, 0.15) is 26.6 Å². The van der Waals surface area contributed by atoms with E-state index >= 15 is 0 Å². The fourth-order valence-electron chi connectivity index (χ4n) is 0.862. The monoisotopic (exact) mass is 168 g/mol. The SMILES string of the molecule is CCn1cnc(CNC(C)C)n1. The quantitative estimate of drug-likeness (QED) is 0.723. The van der Waals surface area contributed by atoms with Crippen molar-refractivity contribution in [3.8, 4) is 0 Å². The van der Waals surface area contributed by atoms with Gasteiger partial charge in [0.1, 0.15) is 6.33 Å². The maximum Gasteiger partial charge on any atom is 0.164 e. The lowest BCUT2D eigenvalue weighted by molar-refractivity contribution is 0.563. The molecular weight excluding hydrogens is 152 g/mol. The molecule has 1 heterocycles. The van der Waals surface area contributed by atoms with Crippen molar-refractivity contribution in [2.75, 3.05) is 0 Å². The second-order valence-corrected chi connectivity index (χ2v) is 3.05. The fraction of sp³-hybridized carbons (Fsp3) is 0.750. The molecule has 0 radical (unpaired) electrons. The second kappa shape index (κ2) is 4.21. The predicted molar refractivity (Wildman–Crippen MR) is 47.7 cm³/mol. The molecule has 1 rings (SSSR count). The molecule has 0 aromatic carbocycles. The maximum absolute atomic E-state index is 4.24. The van der Waals surface area contributed by atoms with Crippen molar-refractivity contribution >= 4 is 0 Å². The molecule has 0 aliphatic rings. The summed E-state index contributed by atoms with van der Waals surface area (Å²) >= 11 is 0. The topological polar surface area (TPSA) is 42.7 Å². The van der Waals surface area contributed by atoms with E-state index in [2.05, 4.69) is 29.2 Å². The Kier molecular flexibility index (Phi) is 3.22. The highest BCUT2D eigenvalue weighted by Crippen LogP contribution is 1.90. The molecule has 0 saturated carbocycles. The van der Waals surface area contributed by atoms with Gasteiger partial charge < -0.3 is 5.32 Å². The van der Waals surface area contributed by atoms with E-state index in [1.165, 1.54) is 0 Å². The second-order valence-electron chi connectivity index (χ2n) is 3.05. The molecule has 0 aliphatic heterocycles. The van der Waals surface area contributed by atoms with Gasteiger partial charge in [-0.25, -0.2) is 4.98 Å². The van der Waals surface area contributed by atoms with Gasteiger partial charge in [0.2, 0.25) is 0 Å². The summed E-state index contributed by atoms with van der Waals surface area (Å²) in [5.74, 6) is 0.866. The minimum Gasteiger partial charge on any atom is -0.308 e. The number of nitrogens with zero attached hydrogens (tertiary/aromatic N) is 3. The Bertz CT molecular complexity index is 229. The third-order valence-electron chi connectivity index (χ3n) is 1.58. The van der Waals surface area contributed by atoms with Crippen molar-refractivity contribution in [3.05, 3.63) is 12.2 Å². The first-order chi connectivity index (χ1) is 5.72. The van der Waals surface area contributed by atoms with Crippen LogP contribution in [0.15, 0.2) is 6.33 Å². The Morgan fingerprint density at radius 2 is 2.33 bits per heavy atom. The molecular formula is C8H16N4. The number of nitrogens with one attached hydrogen (secondary N) is 1. The van der Waals surface area contributed by atoms with Gasteiger partial charge in [0.05, 0.1) is 6.54 Å². The molecule has 0 spiro atoms. The molecule has 4 nitrogen and oxygen atoms in total. The van der Waals surface area contributed by atoms with Gasteiger partial charge in [-0.15, -0.1) is 0 Å². The molecule has 4 heteroatoms. The molecule has 68 valence electrons. The first-order valence-corrected chi connectivity index (χ1v) is 4.34. The van der Waals surface area contributed by atoms with E-state index in [0.29, 0.717) is 6.04 Å². The molecule has 1 N–H and O–H groups in total. The Balaban J connectivity index is 2.41. The zero-order valence-corrected chi connectivity index (χ0v) is 7.91. The van der Waals surface area contributed by atoms with Crippen LogP contribution < -0.4 is 5.32 Å². The number of hydrogen-bond donors (Lipinski definition) is 1. The number of aromatic nitrogens is 3. The molecule has 0 bridgehead atoms. The average molecular weight is 168 g/mol.